The molecule has 0 N–H and O–H groups in total. The van der Waals surface area contributed by atoms with Gasteiger partial charge in [-0.3, -0.25) is 4.90 Å². The van der Waals surface area contributed by atoms with Gasteiger partial charge in [0.25, 0.3) is 0 Å². The Balaban J connectivity index is 2.56. The number of amidine groups is 1. The standard InChI is InChI=1S/C14H28N4O3S/c1-6-17(9-13-7-12(3)21-10-13)11(2)8-16(4)14(22-5)15-18(19)20/h11-13H,6-10H2,1-5H3. The predicted octanol–water partition coefficient (Wildman–Crippen LogP) is 1.96. The molecule has 1 rings (SSSR count). The largest absolute Gasteiger partial charge is 0.378 e. The van der Waals surface area contributed by atoms with Gasteiger partial charge in [0.2, 0.25) is 5.17 Å². The van der Waals surface area contributed by atoms with Gasteiger partial charge in [0.05, 0.1) is 17.8 Å². The van der Waals surface area contributed by atoms with E-state index in [-0.39, 0.29) is 0 Å². The van der Waals surface area contributed by atoms with E-state index in [0.717, 1.165) is 26.1 Å². The fraction of sp³-hybridized carbons (Fsp3) is 0.929. The van der Waals surface area contributed by atoms with Crippen molar-refractivity contribution >= 4 is 16.9 Å². The lowest BCUT2D eigenvalue weighted by atomic mass is 10.0. The monoisotopic (exact) mass is 332 g/mol. The number of nitro groups is 1. The maximum Gasteiger partial charge on any atom is 0.237 e. The molecule has 0 aromatic rings. The third-order valence-electron chi connectivity index (χ3n) is 4.02. The first-order chi connectivity index (χ1) is 10.4. The van der Waals surface area contributed by atoms with Crippen molar-refractivity contribution in [2.24, 2.45) is 11.0 Å². The van der Waals surface area contributed by atoms with Gasteiger partial charge in [-0.1, -0.05) is 18.7 Å². The SMILES string of the molecule is CCN(CC1COC(C)C1)C(C)CN(C)C(=N[N+](=O)[O-])SC. The van der Waals surface area contributed by atoms with Crippen LogP contribution >= 0.6 is 11.8 Å². The van der Waals surface area contributed by atoms with Crippen LogP contribution in [0.3, 0.4) is 0 Å². The van der Waals surface area contributed by atoms with Gasteiger partial charge in [-0.15, -0.1) is 0 Å². The van der Waals surface area contributed by atoms with E-state index < -0.39 is 5.03 Å². The molecule has 3 atom stereocenters. The Hall–Kier alpha value is -0.860. The highest BCUT2D eigenvalue weighted by molar-refractivity contribution is 8.13. The van der Waals surface area contributed by atoms with Crippen molar-refractivity contribution < 1.29 is 9.77 Å². The number of likely N-dealkylation sites (N-methyl/N-ethyl adjacent to an activating group) is 2. The zero-order valence-electron chi connectivity index (χ0n) is 14.2. The van der Waals surface area contributed by atoms with Crippen LogP contribution in [0.5, 0.6) is 0 Å². The van der Waals surface area contributed by atoms with E-state index in [4.69, 9.17) is 4.74 Å². The van der Waals surface area contributed by atoms with E-state index in [1.54, 1.807) is 6.26 Å². The van der Waals surface area contributed by atoms with Crippen molar-refractivity contribution in [1.82, 2.24) is 9.80 Å². The molecule has 1 aliphatic heterocycles. The summed E-state index contributed by atoms with van der Waals surface area (Å²) in [5.74, 6) is 0.579. The van der Waals surface area contributed by atoms with Crippen molar-refractivity contribution in [3.8, 4) is 0 Å². The van der Waals surface area contributed by atoms with Gasteiger partial charge in [0, 0.05) is 26.2 Å². The number of ether oxygens (including phenoxy) is 1. The molecule has 1 heterocycles. The highest BCUT2D eigenvalue weighted by atomic mass is 32.2. The summed E-state index contributed by atoms with van der Waals surface area (Å²) in [6, 6.07) is 0.301. The number of thioether (sulfide) groups is 1. The van der Waals surface area contributed by atoms with Gasteiger partial charge in [0.15, 0.2) is 5.03 Å². The van der Waals surface area contributed by atoms with Crippen molar-refractivity contribution in [3.05, 3.63) is 10.1 Å². The van der Waals surface area contributed by atoms with Crippen LogP contribution < -0.4 is 0 Å². The molecule has 0 aromatic heterocycles. The number of hydrogen-bond donors (Lipinski definition) is 0. The molecule has 0 spiro atoms. The van der Waals surface area contributed by atoms with Gasteiger partial charge in [-0.05, 0) is 39.0 Å². The van der Waals surface area contributed by atoms with E-state index in [1.165, 1.54) is 11.8 Å². The molecular weight excluding hydrogens is 304 g/mol. The van der Waals surface area contributed by atoms with Crippen LogP contribution in [0.2, 0.25) is 0 Å². The normalized spacial score (nSPS) is 23.8. The van der Waals surface area contributed by atoms with Crippen molar-refractivity contribution in [3.63, 3.8) is 0 Å². The number of rotatable bonds is 7. The summed E-state index contributed by atoms with van der Waals surface area (Å²) >= 11 is 1.30. The summed E-state index contributed by atoms with van der Waals surface area (Å²) in [5.41, 5.74) is 0. The maximum absolute atomic E-state index is 10.6. The molecule has 0 bridgehead atoms. The molecule has 0 aromatic carbocycles. The lowest BCUT2D eigenvalue weighted by molar-refractivity contribution is -0.485. The summed E-state index contributed by atoms with van der Waals surface area (Å²) in [7, 11) is 1.85. The number of hydrogen-bond acceptors (Lipinski definition) is 5. The van der Waals surface area contributed by atoms with E-state index >= 15 is 0 Å². The number of hydrazone groups is 1. The Labute approximate surface area is 137 Å². The third-order valence-corrected chi connectivity index (χ3v) is 4.78. The highest BCUT2D eigenvalue weighted by Gasteiger charge is 2.26. The van der Waals surface area contributed by atoms with Crippen molar-refractivity contribution in [2.75, 3.05) is 39.5 Å². The minimum absolute atomic E-state index is 0.301. The predicted molar refractivity (Wildman–Crippen MR) is 90.8 cm³/mol. The lowest BCUT2D eigenvalue weighted by Crippen LogP contribution is -2.44. The minimum atomic E-state index is -0.637. The Morgan fingerprint density at radius 3 is 2.73 bits per heavy atom. The Morgan fingerprint density at radius 2 is 2.27 bits per heavy atom. The first-order valence-electron chi connectivity index (χ1n) is 7.71. The molecule has 3 unspecified atom stereocenters. The van der Waals surface area contributed by atoms with Crippen LogP contribution in [0.4, 0.5) is 0 Å². The summed E-state index contributed by atoms with van der Waals surface area (Å²) in [5, 5.41) is 13.8. The Bertz CT molecular complexity index is 394. The van der Waals surface area contributed by atoms with Crippen LogP contribution in [0.1, 0.15) is 27.2 Å². The molecule has 22 heavy (non-hydrogen) atoms. The fourth-order valence-electron chi connectivity index (χ4n) is 2.92. The molecule has 0 radical (unpaired) electrons. The van der Waals surface area contributed by atoms with Gasteiger partial charge in [0.1, 0.15) is 0 Å². The van der Waals surface area contributed by atoms with Gasteiger partial charge in [-0.25, -0.2) is 10.1 Å². The van der Waals surface area contributed by atoms with Crippen molar-refractivity contribution in [1.29, 1.82) is 0 Å². The van der Waals surface area contributed by atoms with E-state index in [9.17, 15) is 10.1 Å². The minimum Gasteiger partial charge on any atom is -0.378 e. The van der Waals surface area contributed by atoms with Crippen molar-refractivity contribution in [2.45, 2.75) is 39.3 Å². The molecule has 0 aliphatic carbocycles. The van der Waals surface area contributed by atoms with Crippen LogP contribution in [-0.2, 0) is 4.74 Å². The van der Waals surface area contributed by atoms with Crippen LogP contribution in [0.15, 0.2) is 5.10 Å². The number of nitrogens with zero attached hydrogens (tertiary/aromatic N) is 4. The second-order valence-electron chi connectivity index (χ2n) is 5.89. The van der Waals surface area contributed by atoms with Gasteiger partial charge >= 0.3 is 0 Å². The topological polar surface area (TPSA) is 71.2 Å². The summed E-state index contributed by atoms with van der Waals surface area (Å²) in [6.07, 6.45) is 3.27. The van der Waals surface area contributed by atoms with Crippen LogP contribution in [0, 0.1) is 16.0 Å². The summed E-state index contributed by atoms with van der Waals surface area (Å²) in [6.45, 7) is 9.94. The van der Waals surface area contributed by atoms with Crippen LogP contribution in [-0.4, -0.2) is 71.7 Å². The highest BCUT2D eigenvalue weighted by Crippen LogP contribution is 2.21. The summed E-state index contributed by atoms with van der Waals surface area (Å²) in [4.78, 5) is 14.8. The van der Waals surface area contributed by atoms with E-state index in [0.29, 0.717) is 29.8 Å². The zero-order chi connectivity index (χ0) is 16.7. The van der Waals surface area contributed by atoms with E-state index in [1.807, 2.05) is 11.9 Å². The summed E-state index contributed by atoms with van der Waals surface area (Å²) < 4.78 is 5.64. The molecule has 1 fully saturated rings. The zero-order valence-corrected chi connectivity index (χ0v) is 15.0. The Kier molecular flexibility index (Phi) is 8.13. The molecule has 8 heteroatoms. The molecule has 128 valence electrons. The molecular formula is C14H28N4O3S. The van der Waals surface area contributed by atoms with Gasteiger partial charge in [-0.2, -0.15) is 0 Å². The molecule has 0 amide bonds. The fourth-order valence-corrected chi connectivity index (χ4v) is 3.45. The maximum atomic E-state index is 10.6. The average Bonchev–Trinajstić information content (AvgIpc) is 2.86. The quantitative estimate of drug-likeness (QED) is 0.307. The van der Waals surface area contributed by atoms with Gasteiger partial charge < -0.3 is 9.64 Å². The first-order valence-corrected chi connectivity index (χ1v) is 8.93. The molecule has 1 aliphatic rings. The Morgan fingerprint density at radius 1 is 1.59 bits per heavy atom. The third kappa shape index (κ3) is 6.10. The van der Waals surface area contributed by atoms with Crippen LogP contribution in [0.25, 0.3) is 0 Å². The first kappa shape index (κ1) is 19.2. The average molecular weight is 332 g/mol. The molecule has 1 saturated heterocycles. The van der Waals surface area contributed by atoms with E-state index in [2.05, 4.69) is 30.8 Å². The molecule has 0 saturated carbocycles. The smallest absolute Gasteiger partial charge is 0.237 e. The molecule has 7 nitrogen and oxygen atoms in total. The lowest BCUT2D eigenvalue weighted by Gasteiger charge is -2.32. The second kappa shape index (κ2) is 9.32. The second-order valence-corrected chi connectivity index (χ2v) is 6.66.